The molecule has 0 atom stereocenters. The lowest BCUT2D eigenvalue weighted by atomic mass is 10.1. The summed E-state index contributed by atoms with van der Waals surface area (Å²) in [7, 11) is 0. The van der Waals surface area contributed by atoms with E-state index in [9.17, 15) is 0 Å². The fraction of sp³-hybridized carbons (Fsp3) is 0.364. The van der Waals surface area contributed by atoms with Gasteiger partial charge in [-0.1, -0.05) is 18.2 Å². The highest BCUT2D eigenvalue weighted by Gasteiger charge is 1.97. The van der Waals surface area contributed by atoms with E-state index in [-0.39, 0.29) is 0 Å². The van der Waals surface area contributed by atoms with E-state index in [4.69, 9.17) is 5.26 Å². The Bertz CT molecular complexity index is 301. The maximum Gasteiger partial charge on any atom is 0.0621 e. The van der Waals surface area contributed by atoms with Gasteiger partial charge in [-0.2, -0.15) is 5.26 Å². The molecule has 0 aromatic heterocycles. The van der Waals surface area contributed by atoms with Gasteiger partial charge in [-0.05, 0) is 53.5 Å². The van der Waals surface area contributed by atoms with Crippen LogP contribution in [0.5, 0.6) is 0 Å². The number of halogens is 1. The minimum Gasteiger partial charge on any atom is -0.198 e. The first-order valence-corrected chi connectivity index (χ1v) is 5.53. The van der Waals surface area contributed by atoms with Crippen LogP contribution in [0.3, 0.4) is 0 Å². The molecule has 0 saturated carbocycles. The molecular weight excluding hydrogens is 273 g/mol. The van der Waals surface area contributed by atoms with Crippen molar-refractivity contribution in [2.75, 3.05) is 0 Å². The summed E-state index contributed by atoms with van der Waals surface area (Å²) in [5, 5.41) is 8.37. The zero-order chi connectivity index (χ0) is 9.52. The van der Waals surface area contributed by atoms with Crippen LogP contribution in [-0.4, -0.2) is 0 Å². The van der Waals surface area contributed by atoms with E-state index >= 15 is 0 Å². The van der Waals surface area contributed by atoms with Gasteiger partial charge in [0.2, 0.25) is 0 Å². The van der Waals surface area contributed by atoms with Crippen LogP contribution in [0.1, 0.15) is 24.8 Å². The Kier molecular flexibility index (Phi) is 4.84. The highest BCUT2D eigenvalue weighted by Crippen LogP contribution is 2.14. The predicted octanol–water partition coefficient (Wildman–Crippen LogP) is 3.53. The molecule has 1 rings (SSSR count). The van der Waals surface area contributed by atoms with Crippen LogP contribution in [-0.2, 0) is 6.42 Å². The van der Waals surface area contributed by atoms with Crippen molar-refractivity contribution in [3.63, 3.8) is 0 Å². The van der Waals surface area contributed by atoms with E-state index in [0.717, 1.165) is 19.3 Å². The Hall–Kier alpha value is -0.560. The molecule has 2 heteroatoms. The molecule has 0 aliphatic heterocycles. The van der Waals surface area contributed by atoms with Crippen molar-refractivity contribution in [2.24, 2.45) is 0 Å². The van der Waals surface area contributed by atoms with Crippen LogP contribution in [0.4, 0.5) is 0 Å². The Morgan fingerprint density at radius 3 is 2.69 bits per heavy atom. The van der Waals surface area contributed by atoms with Gasteiger partial charge in [-0.15, -0.1) is 0 Å². The van der Waals surface area contributed by atoms with Crippen LogP contribution in [0.2, 0.25) is 0 Å². The van der Waals surface area contributed by atoms with Crippen molar-refractivity contribution in [1.29, 1.82) is 5.26 Å². The number of aryl methyl sites for hydroxylation is 1. The van der Waals surface area contributed by atoms with Gasteiger partial charge in [-0.25, -0.2) is 0 Å². The quantitative estimate of drug-likeness (QED) is 0.613. The van der Waals surface area contributed by atoms with Gasteiger partial charge in [0, 0.05) is 9.99 Å². The maximum absolute atomic E-state index is 8.37. The normalized spacial score (nSPS) is 9.54. The third kappa shape index (κ3) is 3.77. The summed E-state index contributed by atoms with van der Waals surface area (Å²) in [4.78, 5) is 0. The van der Waals surface area contributed by atoms with E-state index in [1.165, 1.54) is 9.13 Å². The molecule has 1 aromatic carbocycles. The van der Waals surface area contributed by atoms with Crippen LogP contribution in [0.25, 0.3) is 0 Å². The molecule has 1 nitrogen and oxygen atoms in total. The number of nitriles is 1. The number of hydrogen-bond donors (Lipinski definition) is 0. The minimum atomic E-state index is 0.684. The number of unbranched alkanes of at least 4 members (excludes halogenated alkanes) is 2. The summed E-state index contributed by atoms with van der Waals surface area (Å²) in [6, 6.07) is 10.6. The van der Waals surface area contributed by atoms with Crippen molar-refractivity contribution in [3.05, 3.63) is 33.4 Å². The largest absolute Gasteiger partial charge is 0.198 e. The van der Waals surface area contributed by atoms with E-state index in [1.807, 2.05) is 0 Å². The summed E-state index contributed by atoms with van der Waals surface area (Å²) >= 11 is 2.36. The van der Waals surface area contributed by atoms with E-state index in [2.05, 4.69) is 52.9 Å². The van der Waals surface area contributed by atoms with Gasteiger partial charge in [0.1, 0.15) is 0 Å². The topological polar surface area (TPSA) is 23.8 Å². The van der Waals surface area contributed by atoms with Crippen molar-refractivity contribution < 1.29 is 0 Å². The maximum atomic E-state index is 8.37. The van der Waals surface area contributed by atoms with Gasteiger partial charge < -0.3 is 0 Å². The van der Waals surface area contributed by atoms with Crippen LogP contribution >= 0.6 is 22.6 Å². The summed E-state index contributed by atoms with van der Waals surface area (Å²) in [6.07, 6.45) is 3.92. The number of benzene rings is 1. The SMILES string of the molecule is N#CCCCCc1ccccc1I. The first-order chi connectivity index (χ1) is 6.34. The number of nitrogens with zero attached hydrogens (tertiary/aromatic N) is 1. The van der Waals surface area contributed by atoms with E-state index < -0.39 is 0 Å². The van der Waals surface area contributed by atoms with E-state index in [1.54, 1.807) is 0 Å². The standard InChI is InChI=1S/C11H12IN/c12-11-8-4-3-7-10(11)6-2-1-5-9-13/h3-4,7-8H,1-2,5-6H2. The fourth-order valence-corrected chi connectivity index (χ4v) is 1.88. The molecule has 0 unspecified atom stereocenters. The van der Waals surface area contributed by atoms with Crippen molar-refractivity contribution in [1.82, 2.24) is 0 Å². The molecule has 13 heavy (non-hydrogen) atoms. The molecule has 0 bridgehead atoms. The lowest BCUT2D eigenvalue weighted by Gasteiger charge is -2.02. The molecule has 1 aromatic rings. The van der Waals surface area contributed by atoms with Gasteiger partial charge in [0.15, 0.2) is 0 Å². The molecule has 0 spiro atoms. The Balaban J connectivity index is 2.37. The Labute approximate surface area is 92.9 Å². The summed E-state index contributed by atoms with van der Waals surface area (Å²) in [5.41, 5.74) is 1.40. The molecule has 68 valence electrons. The van der Waals surface area contributed by atoms with Crippen LogP contribution in [0.15, 0.2) is 24.3 Å². The van der Waals surface area contributed by atoms with Gasteiger partial charge in [0.05, 0.1) is 6.07 Å². The molecule has 0 amide bonds. The second-order valence-corrected chi connectivity index (χ2v) is 4.12. The smallest absolute Gasteiger partial charge is 0.0621 e. The van der Waals surface area contributed by atoms with Crippen molar-refractivity contribution in [3.8, 4) is 6.07 Å². The average molecular weight is 285 g/mol. The predicted molar refractivity (Wildman–Crippen MR) is 62.3 cm³/mol. The highest BCUT2D eigenvalue weighted by atomic mass is 127. The molecule has 0 radical (unpaired) electrons. The second kappa shape index (κ2) is 5.98. The van der Waals surface area contributed by atoms with Gasteiger partial charge >= 0.3 is 0 Å². The lowest BCUT2D eigenvalue weighted by Crippen LogP contribution is -1.88. The lowest BCUT2D eigenvalue weighted by molar-refractivity contribution is 0.751. The summed E-state index contributed by atoms with van der Waals surface area (Å²) in [6.45, 7) is 0. The number of rotatable bonds is 4. The zero-order valence-corrected chi connectivity index (χ0v) is 9.62. The Morgan fingerprint density at radius 1 is 1.23 bits per heavy atom. The molecule has 0 aliphatic rings. The fourth-order valence-electron chi connectivity index (χ4n) is 1.22. The van der Waals surface area contributed by atoms with Crippen LogP contribution < -0.4 is 0 Å². The van der Waals surface area contributed by atoms with Gasteiger partial charge in [-0.3, -0.25) is 0 Å². The van der Waals surface area contributed by atoms with Crippen LogP contribution in [0, 0.1) is 14.9 Å². The molecule has 0 aliphatic carbocycles. The number of hydrogen-bond acceptors (Lipinski definition) is 1. The minimum absolute atomic E-state index is 0.684. The zero-order valence-electron chi connectivity index (χ0n) is 7.46. The molecule has 0 fully saturated rings. The molecule has 0 N–H and O–H groups in total. The van der Waals surface area contributed by atoms with Crippen molar-refractivity contribution >= 4 is 22.6 Å². The third-order valence-corrected chi connectivity index (χ3v) is 2.99. The summed E-state index contributed by atoms with van der Waals surface area (Å²) < 4.78 is 1.33. The molecular formula is C11H12IN. The third-order valence-electron chi connectivity index (χ3n) is 1.94. The summed E-state index contributed by atoms with van der Waals surface area (Å²) in [5.74, 6) is 0. The Morgan fingerprint density at radius 2 is 2.00 bits per heavy atom. The van der Waals surface area contributed by atoms with Gasteiger partial charge in [0.25, 0.3) is 0 Å². The monoisotopic (exact) mass is 285 g/mol. The van der Waals surface area contributed by atoms with E-state index in [0.29, 0.717) is 6.42 Å². The highest BCUT2D eigenvalue weighted by molar-refractivity contribution is 14.1. The first kappa shape index (κ1) is 10.5. The van der Waals surface area contributed by atoms with Crippen molar-refractivity contribution in [2.45, 2.75) is 25.7 Å². The molecule has 0 heterocycles. The first-order valence-electron chi connectivity index (χ1n) is 4.45. The molecule has 0 saturated heterocycles. The second-order valence-electron chi connectivity index (χ2n) is 2.96. The average Bonchev–Trinajstić information content (AvgIpc) is 2.15.